The molecule has 0 saturated carbocycles. The fourth-order valence-electron chi connectivity index (χ4n) is 1.75. The van der Waals surface area contributed by atoms with Gasteiger partial charge >= 0.3 is 0 Å². The monoisotopic (exact) mass is 194 g/mol. The maximum Gasteiger partial charge on any atom is 0.128 e. The lowest BCUT2D eigenvalue weighted by atomic mass is 10.2. The first-order valence-corrected chi connectivity index (χ1v) is 5.28. The van der Waals surface area contributed by atoms with Crippen LogP contribution in [0, 0.1) is 0 Å². The molecule has 2 heterocycles. The van der Waals surface area contributed by atoms with Crippen LogP contribution in [-0.2, 0) is 13.1 Å². The molecular formula is C10H18N4. The number of hydrogen-bond acceptors (Lipinski definition) is 3. The van der Waals surface area contributed by atoms with Crippen LogP contribution >= 0.6 is 0 Å². The standard InChI is InChI=1S/C10H18N4/c1-3-13(2)8-9-7-12-14-6-4-5-11-10(9)14/h7,11H,3-6,8H2,1-2H3. The second kappa shape index (κ2) is 4.00. The lowest BCUT2D eigenvalue weighted by Crippen LogP contribution is -2.21. The van der Waals surface area contributed by atoms with Crippen molar-refractivity contribution in [3.8, 4) is 0 Å². The molecule has 2 rings (SSSR count). The predicted octanol–water partition coefficient (Wildman–Crippen LogP) is 1.15. The molecule has 1 aliphatic heterocycles. The number of aromatic nitrogens is 2. The van der Waals surface area contributed by atoms with E-state index in [4.69, 9.17) is 0 Å². The van der Waals surface area contributed by atoms with E-state index in [0.717, 1.165) is 26.2 Å². The van der Waals surface area contributed by atoms with E-state index in [9.17, 15) is 0 Å². The second-order valence-corrected chi connectivity index (χ2v) is 3.85. The summed E-state index contributed by atoms with van der Waals surface area (Å²) in [5, 5.41) is 7.79. The zero-order valence-electron chi connectivity index (χ0n) is 8.95. The van der Waals surface area contributed by atoms with Gasteiger partial charge in [0.1, 0.15) is 5.82 Å². The first-order chi connectivity index (χ1) is 6.81. The zero-order chi connectivity index (χ0) is 9.97. The van der Waals surface area contributed by atoms with Gasteiger partial charge in [-0.15, -0.1) is 0 Å². The number of anilines is 1. The number of nitrogens with zero attached hydrogens (tertiary/aromatic N) is 3. The molecule has 0 saturated heterocycles. The molecule has 0 spiro atoms. The molecule has 0 aliphatic carbocycles. The quantitative estimate of drug-likeness (QED) is 0.783. The van der Waals surface area contributed by atoms with Crippen LogP contribution in [-0.4, -0.2) is 34.8 Å². The average Bonchev–Trinajstić information content (AvgIpc) is 2.62. The smallest absolute Gasteiger partial charge is 0.128 e. The van der Waals surface area contributed by atoms with Crippen LogP contribution < -0.4 is 5.32 Å². The minimum absolute atomic E-state index is 0.985. The molecule has 1 aromatic rings. The Morgan fingerprint density at radius 2 is 2.50 bits per heavy atom. The number of aryl methyl sites for hydroxylation is 1. The lowest BCUT2D eigenvalue weighted by molar-refractivity contribution is 0.346. The highest BCUT2D eigenvalue weighted by Crippen LogP contribution is 2.20. The van der Waals surface area contributed by atoms with Crippen LogP contribution in [0.1, 0.15) is 18.9 Å². The molecule has 0 radical (unpaired) electrons. The lowest BCUT2D eigenvalue weighted by Gasteiger charge is -2.19. The molecule has 1 aliphatic rings. The van der Waals surface area contributed by atoms with E-state index in [2.05, 4.69) is 34.0 Å². The number of hydrogen-bond donors (Lipinski definition) is 1. The van der Waals surface area contributed by atoms with Gasteiger partial charge in [0.15, 0.2) is 0 Å². The summed E-state index contributed by atoms with van der Waals surface area (Å²) in [5.74, 6) is 1.22. The van der Waals surface area contributed by atoms with Crippen molar-refractivity contribution in [1.29, 1.82) is 0 Å². The van der Waals surface area contributed by atoms with Gasteiger partial charge in [0.2, 0.25) is 0 Å². The summed E-state index contributed by atoms with van der Waals surface area (Å²) in [5.41, 5.74) is 1.31. The first-order valence-electron chi connectivity index (χ1n) is 5.28. The van der Waals surface area contributed by atoms with Gasteiger partial charge in [0, 0.05) is 25.2 Å². The van der Waals surface area contributed by atoms with Crippen LogP contribution in [0.2, 0.25) is 0 Å². The summed E-state index contributed by atoms with van der Waals surface area (Å²) >= 11 is 0. The molecule has 0 atom stereocenters. The Labute approximate surface area is 84.9 Å². The molecular weight excluding hydrogens is 176 g/mol. The molecule has 0 amide bonds. The van der Waals surface area contributed by atoms with Crippen LogP contribution in [0.3, 0.4) is 0 Å². The van der Waals surface area contributed by atoms with Gasteiger partial charge in [-0.05, 0) is 20.0 Å². The highest BCUT2D eigenvalue weighted by atomic mass is 15.3. The maximum absolute atomic E-state index is 4.37. The fraction of sp³-hybridized carbons (Fsp3) is 0.700. The third-order valence-electron chi connectivity index (χ3n) is 2.73. The molecule has 1 aromatic heterocycles. The summed E-state index contributed by atoms with van der Waals surface area (Å²) in [6.45, 7) is 6.36. The van der Waals surface area contributed by atoms with Crippen molar-refractivity contribution < 1.29 is 0 Å². The SMILES string of the molecule is CCN(C)Cc1cnn2c1NCCC2. The van der Waals surface area contributed by atoms with E-state index < -0.39 is 0 Å². The number of rotatable bonds is 3. The molecule has 4 nitrogen and oxygen atoms in total. The summed E-state index contributed by atoms with van der Waals surface area (Å²) in [6, 6.07) is 0. The largest absolute Gasteiger partial charge is 0.370 e. The van der Waals surface area contributed by atoms with Crippen molar-refractivity contribution in [2.75, 3.05) is 25.5 Å². The molecule has 1 N–H and O–H groups in total. The van der Waals surface area contributed by atoms with E-state index in [1.54, 1.807) is 0 Å². The number of nitrogens with one attached hydrogen (secondary N) is 1. The van der Waals surface area contributed by atoms with E-state index in [1.165, 1.54) is 17.8 Å². The minimum Gasteiger partial charge on any atom is -0.370 e. The molecule has 14 heavy (non-hydrogen) atoms. The maximum atomic E-state index is 4.37. The van der Waals surface area contributed by atoms with Crippen LogP contribution in [0.25, 0.3) is 0 Å². The Balaban J connectivity index is 2.14. The summed E-state index contributed by atoms with van der Waals surface area (Å²) < 4.78 is 2.07. The van der Waals surface area contributed by atoms with E-state index in [1.807, 2.05) is 6.20 Å². The Kier molecular flexibility index (Phi) is 2.72. The topological polar surface area (TPSA) is 33.1 Å². The molecule has 78 valence electrons. The third kappa shape index (κ3) is 1.75. The van der Waals surface area contributed by atoms with Gasteiger partial charge in [-0.3, -0.25) is 0 Å². The molecule has 4 heteroatoms. The molecule has 0 aromatic carbocycles. The highest BCUT2D eigenvalue weighted by molar-refractivity contribution is 5.44. The Morgan fingerprint density at radius 3 is 3.29 bits per heavy atom. The van der Waals surface area contributed by atoms with Crippen molar-refractivity contribution in [2.45, 2.75) is 26.4 Å². The van der Waals surface area contributed by atoms with Crippen LogP contribution in [0.15, 0.2) is 6.20 Å². The van der Waals surface area contributed by atoms with Gasteiger partial charge in [0.05, 0.1) is 6.20 Å². The van der Waals surface area contributed by atoms with Crippen molar-refractivity contribution in [2.24, 2.45) is 0 Å². The molecule has 0 fully saturated rings. The average molecular weight is 194 g/mol. The molecule has 0 bridgehead atoms. The first kappa shape index (κ1) is 9.52. The van der Waals surface area contributed by atoms with Crippen molar-refractivity contribution in [3.05, 3.63) is 11.8 Å². The van der Waals surface area contributed by atoms with Gasteiger partial charge < -0.3 is 10.2 Å². The Hall–Kier alpha value is -1.03. The summed E-state index contributed by atoms with van der Waals surface area (Å²) in [7, 11) is 2.13. The third-order valence-corrected chi connectivity index (χ3v) is 2.73. The van der Waals surface area contributed by atoms with Gasteiger partial charge in [-0.1, -0.05) is 6.92 Å². The van der Waals surface area contributed by atoms with Crippen LogP contribution in [0.5, 0.6) is 0 Å². The van der Waals surface area contributed by atoms with E-state index in [-0.39, 0.29) is 0 Å². The summed E-state index contributed by atoms with van der Waals surface area (Å²) in [4.78, 5) is 2.29. The molecule has 0 unspecified atom stereocenters. The van der Waals surface area contributed by atoms with Gasteiger partial charge in [0.25, 0.3) is 0 Å². The summed E-state index contributed by atoms with van der Waals surface area (Å²) in [6.07, 6.45) is 3.16. The van der Waals surface area contributed by atoms with E-state index >= 15 is 0 Å². The fourth-order valence-corrected chi connectivity index (χ4v) is 1.75. The second-order valence-electron chi connectivity index (χ2n) is 3.85. The van der Waals surface area contributed by atoms with Gasteiger partial charge in [-0.2, -0.15) is 5.10 Å². The van der Waals surface area contributed by atoms with Crippen molar-refractivity contribution in [1.82, 2.24) is 14.7 Å². The van der Waals surface area contributed by atoms with Crippen molar-refractivity contribution in [3.63, 3.8) is 0 Å². The van der Waals surface area contributed by atoms with Crippen molar-refractivity contribution >= 4 is 5.82 Å². The minimum atomic E-state index is 0.985. The number of fused-ring (bicyclic) bond motifs is 1. The van der Waals surface area contributed by atoms with Gasteiger partial charge in [-0.25, -0.2) is 4.68 Å². The Morgan fingerprint density at radius 1 is 1.64 bits per heavy atom. The zero-order valence-corrected chi connectivity index (χ0v) is 8.95. The Bertz CT molecular complexity index is 305. The normalized spacial score (nSPS) is 15.4. The predicted molar refractivity (Wildman–Crippen MR) is 57.3 cm³/mol. The van der Waals surface area contributed by atoms with Crippen LogP contribution in [0.4, 0.5) is 5.82 Å². The van der Waals surface area contributed by atoms with E-state index in [0.29, 0.717) is 0 Å². The highest BCUT2D eigenvalue weighted by Gasteiger charge is 2.14.